The molecule has 1 saturated carbocycles. The van der Waals surface area contributed by atoms with Crippen LogP contribution in [0.4, 0.5) is 13.2 Å². The first-order valence-electron chi connectivity index (χ1n) is 8.04. The largest absolute Gasteiger partial charge is 0.525 e. The van der Waals surface area contributed by atoms with Crippen molar-refractivity contribution in [2.75, 3.05) is 0 Å². The molecule has 142 valence electrons. The van der Waals surface area contributed by atoms with Crippen molar-refractivity contribution in [2.24, 2.45) is 5.92 Å². The molecule has 2 aromatic carbocycles. The molecule has 10 heteroatoms. The Kier molecular flexibility index (Phi) is 3.83. The maximum absolute atomic E-state index is 12.6. The molecule has 27 heavy (non-hydrogen) atoms. The fourth-order valence-corrected chi connectivity index (χ4v) is 3.57. The van der Waals surface area contributed by atoms with Crippen molar-refractivity contribution in [1.29, 1.82) is 0 Å². The van der Waals surface area contributed by atoms with Crippen LogP contribution in [0.2, 0.25) is 0 Å². The van der Waals surface area contributed by atoms with Gasteiger partial charge in [0.05, 0.1) is 11.1 Å². The van der Waals surface area contributed by atoms with Crippen LogP contribution in [0.3, 0.4) is 0 Å². The van der Waals surface area contributed by atoms with Gasteiger partial charge in [0, 0.05) is 5.39 Å². The van der Waals surface area contributed by atoms with Gasteiger partial charge < -0.3 is 0 Å². The lowest BCUT2D eigenvalue weighted by Crippen LogP contribution is -2.44. The molecule has 2 amide bonds. The number of amides is 2. The number of nitrogens with zero attached hydrogens (tertiary/aromatic N) is 1. The number of imide groups is 1. The molecule has 1 aliphatic heterocycles. The Labute approximate surface area is 151 Å². The van der Waals surface area contributed by atoms with Gasteiger partial charge in [0.15, 0.2) is 0 Å². The number of hydrogen-bond acceptors (Lipinski definition) is 5. The van der Waals surface area contributed by atoms with E-state index in [1.807, 2.05) is 0 Å². The number of carbonyl (C=O) groups excluding carboxylic acids is 2. The van der Waals surface area contributed by atoms with Crippen LogP contribution in [0, 0.1) is 5.92 Å². The van der Waals surface area contributed by atoms with Crippen LogP contribution in [0.5, 0.6) is 0 Å². The minimum Gasteiger partial charge on any atom is -0.266 e. The molecule has 0 radical (unpaired) electrons. The molecule has 0 unspecified atom stereocenters. The van der Waals surface area contributed by atoms with Crippen LogP contribution in [-0.4, -0.2) is 30.8 Å². The van der Waals surface area contributed by atoms with Gasteiger partial charge >= 0.3 is 15.6 Å². The van der Waals surface area contributed by atoms with E-state index < -0.39 is 27.4 Å². The SMILES string of the molecule is O=C1c2cccc3c(CC4CC4)ccc(c23)C(=O)N1OS(=O)(=O)C(F)(F)F. The van der Waals surface area contributed by atoms with Gasteiger partial charge in [-0.3, -0.25) is 9.59 Å². The molecule has 2 aromatic rings. The molecule has 2 aliphatic rings. The molecule has 0 atom stereocenters. The van der Waals surface area contributed by atoms with Crippen molar-refractivity contribution in [2.45, 2.75) is 24.8 Å². The minimum absolute atomic E-state index is 0.0860. The molecule has 1 aliphatic carbocycles. The summed E-state index contributed by atoms with van der Waals surface area (Å²) in [5, 5.41) is 0.604. The van der Waals surface area contributed by atoms with Gasteiger partial charge in [0.25, 0.3) is 11.8 Å². The molecule has 0 N–H and O–H groups in total. The van der Waals surface area contributed by atoms with Gasteiger partial charge in [-0.1, -0.05) is 18.2 Å². The van der Waals surface area contributed by atoms with E-state index >= 15 is 0 Å². The summed E-state index contributed by atoms with van der Waals surface area (Å²) in [4.78, 5) is 25.0. The first-order valence-corrected chi connectivity index (χ1v) is 9.45. The Hall–Kier alpha value is -2.46. The van der Waals surface area contributed by atoms with Crippen LogP contribution in [-0.2, 0) is 20.8 Å². The highest BCUT2D eigenvalue weighted by molar-refractivity contribution is 7.87. The van der Waals surface area contributed by atoms with Crippen LogP contribution in [0.25, 0.3) is 10.8 Å². The van der Waals surface area contributed by atoms with Crippen molar-refractivity contribution in [3.8, 4) is 0 Å². The van der Waals surface area contributed by atoms with E-state index in [0.717, 1.165) is 24.8 Å². The molecule has 0 bridgehead atoms. The number of hydroxylamine groups is 2. The summed E-state index contributed by atoms with van der Waals surface area (Å²) in [7, 11) is -6.17. The van der Waals surface area contributed by atoms with Crippen LogP contribution >= 0.6 is 0 Å². The Balaban J connectivity index is 1.82. The topological polar surface area (TPSA) is 80.8 Å². The number of halogens is 3. The monoisotopic (exact) mass is 399 g/mol. The fourth-order valence-electron chi connectivity index (χ4n) is 3.15. The molecule has 1 heterocycles. The number of rotatable bonds is 4. The first kappa shape index (κ1) is 17.9. The highest BCUT2D eigenvalue weighted by Gasteiger charge is 2.51. The zero-order chi connectivity index (χ0) is 19.6. The van der Waals surface area contributed by atoms with Gasteiger partial charge in [-0.2, -0.15) is 21.6 Å². The molecule has 0 spiro atoms. The minimum atomic E-state index is -6.17. The van der Waals surface area contributed by atoms with Crippen molar-refractivity contribution >= 4 is 32.7 Å². The molecule has 0 saturated heterocycles. The second kappa shape index (κ2) is 5.77. The van der Waals surface area contributed by atoms with Gasteiger partial charge in [-0.25, -0.2) is 0 Å². The van der Waals surface area contributed by atoms with Gasteiger partial charge in [-0.05, 0) is 48.3 Å². The predicted octanol–water partition coefficient (Wildman–Crippen LogP) is 3.17. The first-order chi connectivity index (χ1) is 12.6. The van der Waals surface area contributed by atoms with E-state index in [2.05, 4.69) is 4.28 Å². The van der Waals surface area contributed by atoms with E-state index in [-0.39, 0.29) is 16.2 Å². The maximum Gasteiger partial charge on any atom is 0.525 e. The summed E-state index contributed by atoms with van der Waals surface area (Å²) in [6.45, 7) is 0. The van der Waals surface area contributed by atoms with Gasteiger partial charge in [0.1, 0.15) is 0 Å². The standard InChI is InChI=1S/C17H12F3NO5S/c18-17(19,20)27(24,25)26-21-15(22)12-3-1-2-11-10(8-9-4-5-9)6-7-13(14(11)12)16(21)23/h1-3,6-7,9H,4-5,8H2. The zero-order valence-corrected chi connectivity index (χ0v) is 14.4. The van der Waals surface area contributed by atoms with E-state index in [9.17, 15) is 31.2 Å². The predicted molar refractivity (Wildman–Crippen MR) is 86.9 cm³/mol. The molecular weight excluding hydrogens is 387 g/mol. The quantitative estimate of drug-likeness (QED) is 0.583. The van der Waals surface area contributed by atoms with Crippen LogP contribution < -0.4 is 0 Å². The lowest BCUT2D eigenvalue weighted by Gasteiger charge is -2.26. The molecular formula is C17H12F3NO5S. The summed E-state index contributed by atoms with van der Waals surface area (Å²) in [6.07, 6.45) is 2.96. The number of alkyl halides is 3. The van der Waals surface area contributed by atoms with Gasteiger partial charge in [-0.15, -0.1) is 9.35 Å². The lowest BCUT2D eigenvalue weighted by molar-refractivity contribution is -0.0761. The van der Waals surface area contributed by atoms with Crippen molar-refractivity contribution in [3.63, 3.8) is 0 Å². The Morgan fingerprint density at radius 2 is 1.67 bits per heavy atom. The number of benzene rings is 2. The third kappa shape index (κ3) is 2.88. The zero-order valence-electron chi connectivity index (χ0n) is 13.6. The number of hydrogen-bond donors (Lipinski definition) is 0. The highest BCUT2D eigenvalue weighted by Crippen LogP contribution is 2.38. The highest BCUT2D eigenvalue weighted by atomic mass is 32.2. The summed E-state index contributed by atoms with van der Waals surface area (Å²) >= 11 is 0. The third-order valence-corrected chi connectivity index (χ3v) is 5.53. The average Bonchev–Trinajstić information content (AvgIpc) is 3.40. The smallest absolute Gasteiger partial charge is 0.266 e. The van der Waals surface area contributed by atoms with Crippen molar-refractivity contribution < 1.29 is 35.5 Å². The average molecular weight is 399 g/mol. The second-order valence-corrected chi connectivity index (χ2v) is 8.05. The van der Waals surface area contributed by atoms with Gasteiger partial charge in [0.2, 0.25) is 0 Å². The van der Waals surface area contributed by atoms with Crippen LogP contribution in [0.1, 0.15) is 39.1 Å². The Morgan fingerprint density at radius 1 is 1.04 bits per heavy atom. The maximum atomic E-state index is 12.6. The van der Waals surface area contributed by atoms with E-state index in [1.54, 1.807) is 12.1 Å². The van der Waals surface area contributed by atoms with Crippen LogP contribution in [0.15, 0.2) is 30.3 Å². The fraction of sp³-hybridized carbons (Fsp3) is 0.294. The molecule has 4 rings (SSSR count). The van der Waals surface area contributed by atoms with E-state index in [1.165, 1.54) is 18.2 Å². The third-order valence-electron chi connectivity index (χ3n) is 4.62. The Morgan fingerprint density at radius 3 is 2.26 bits per heavy atom. The lowest BCUT2D eigenvalue weighted by atomic mass is 9.90. The summed E-state index contributed by atoms with van der Waals surface area (Å²) in [5.74, 6) is -1.97. The second-order valence-electron chi connectivity index (χ2n) is 6.53. The normalized spacial score (nSPS) is 17.7. The molecule has 0 aromatic heterocycles. The molecule has 1 fully saturated rings. The van der Waals surface area contributed by atoms with Crippen molar-refractivity contribution in [1.82, 2.24) is 5.06 Å². The Bertz CT molecular complexity index is 1070. The van der Waals surface area contributed by atoms with Crippen molar-refractivity contribution in [3.05, 3.63) is 47.0 Å². The van der Waals surface area contributed by atoms with E-state index in [0.29, 0.717) is 16.7 Å². The summed E-state index contributed by atoms with van der Waals surface area (Å²) < 4.78 is 64.1. The van der Waals surface area contributed by atoms with E-state index in [4.69, 9.17) is 0 Å². The summed E-state index contributed by atoms with van der Waals surface area (Å²) in [6, 6.07) is 7.63. The molecule has 6 nitrogen and oxygen atoms in total. The summed E-state index contributed by atoms with van der Waals surface area (Å²) in [5.41, 5.74) is -5.02. The number of carbonyl (C=O) groups is 2.